The summed E-state index contributed by atoms with van der Waals surface area (Å²) in [6.07, 6.45) is -5.03. The van der Waals surface area contributed by atoms with Crippen LogP contribution in [0.5, 0.6) is 0 Å². The van der Waals surface area contributed by atoms with Crippen LogP contribution >= 0.6 is 0 Å². The minimum Gasteiger partial charge on any atom is -0.463 e. The number of β-amino-alcohol motifs (C(OH)–C–C–N with tert-alkyl or cyclic N) is 1. The third-order valence-corrected chi connectivity index (χ3v) is 4.44. The Morgan fingerprint density at radius 1 is 1.38 bits per heavy atom. The zero-order valence-electron chi connectivity index (χ0n) is 17.4. The average Bonchev–Trinajstić information content (AvgIpc) is 3.22. The Hall–Kier alpha value is -2.70. The second-order valence-corrected chi connectivity index (χ2v) is 6.41. The molecule has 0 spiro atoms. The number of rotatable bonds is 6. The molecule has 1 amide bonds. The van der Waals surface area contributed by atoms with Crippen LogP contribution in [-0.4, -0.2) is 75.3 Å². The Balaban J connectivity index is 1.85. The number of hydrogen-bond acceptors (Lipinski definition) is 10. The molecule has 2 unspecified atom stereocenters. The van der Waals surface area contributed by atoms with E-state index < -0.39 is 48.6 Å². The summed E-state index contributed by atoms with van der Waals surface area (Å²) in [5, 5.41) is 25.6. The Labute approximate surface area is 168 Å². The monoisotopic (exact) mass is 414 g/mol. The van der Waals surface area contributed by atoms with Crippen molar-refractivity contribution in [3.05, 3.63) is 12.0 Å². The van der Waals surface area contributed by atoms with E-state index in [2.05, 4.69) is 15.6 Å². The van der Waals surface area contributed by atoms with E-state index in [-0.39, 0.29) is 51.3 Å². The molecule has 2 aliphatic heterocycles. The van der Waals surface area contributed by atoms with E-state index in [9.17, 15) is 24.6 Å². The molecule has 0 radical (unpaired) electrons. The number of anilines is 1. The second-order valence-electron chi connectivity index (χ2n) is 6.41. The maximum absolute atomic E-state index is 12.2. The molecule has 12 heteroatoms. The number of imidazole rings is 1. The lowest BCUT2D eigenvalue weighted by atomic mass is 10.1. The van der Waals surface area contributed by atoms with Gasteiger partial charge in [-0.15, -0.1) is 0 Å². The molecule has 1 fully saturated rings. The fourth-order valence-corrected chi connectivity index (χ4v) is 3.02. The highest BCUT2D eigenvalue weighted by Gasteiger charge is 2.48. The lowest BCUT2D eigenvalue weighted by Gasteiger charge is -2.23. The van der Waals surface area contributed by atoms with Crippen molar-refractivity contribution in [3.8, 4) is 0 Å². The number of fused-ring (bicyclic) bond motifs is 1. The van der Waals surface area contributed by atoms with Crippen molar-refractivity contribution in [3.63, 3.8) is 0 Å². The van der Waals surface area contributed by atoms with E-state index in [1.165, 1.54) is 10.9 Å². The van der Waals surface area contributed by atoms with Crippen molar-refractivity contribution >= 4 is 23.7 Å². The number of aromatic nitrogens is 2. The summed E-state index contributed by atoms with van der Waals surface area (Å²) in [6, 6.07) is 0. The molecule has 160 valence electrons. The molecule has 0 saturated carbocycles. The largest absolute Gasteiger partial charge is 0.463 e. The maximum atomic E-state index is 12.2. The van der Waals surface area contributed by atoms with Crippen LogP contribution in [0.15, 0.2) is 6.33 Å². The van der Waals surface area contributed by atoms with Crippen molar-refractivity contribution in [2.45, 2.75) is 57.4 Å². The van der Waals surface area contributed by atoms with Gasteiger partial charge in [0.05, 0.1) is 12.9 Å². The molecule has 29 heavy (non-hydrogen) atoms. The summed E-state index contributed by atoms with van der Waals surface area (Å²) in [4.78, 5) is 39.8. The molecule has 3 rings (SSSR count). The van der Waals surface area contributed by atoms with Gasteiger partial charge < -0.3 is 35.1 Å². The normalized spacial score (nSPS) is 29.6. The molecule has 3 heterocycles. The van der Waals surface area contributed by atoms with Crippen LogP contribution in [0, 0.1) is 0 Å². The number of ether oxygens (including phenoxy) is 3. The molecular weight excluding hydrogens is 388 g/mol. The van der Waals surface area contributed by atoms with Crippen molar-refractivity contribution < 1.29 is 41.5 Å². The van der Waals surface area contributed by atoms with E-state index >= 15 is 0 Å². The van der Waals surface area contributed by atoms with Gasteiger partial charge in [0.25, 0.3) is 5.91 Å². The third kappa shape index (κ3) is 4.33. The highest BCUT2D eigenvalue weighted by atomic mass is 16.6. The van der Waals surface area contributed by atoms with E-state index in [0.717, 1.165) is 0 Å². The van der Waals surface area contributed by atoms with E-state index in [1.54, 1.807) is 0 Å². The summed E-state index contributed by atoms with van der Waals surface area (Å²) in [5.74, 6) is -1.82. The van der Waals surface area contributed by atoms with Gasteiger partial charge in [0, 0.05) is 15.6 Å². The summed E-state index contributed by atoms with van der Waals surface area (Å²) in [7, 11) is 0. The number of carbonyl (C=O) groups excluding carboxylic acids is 3. The second kappa shape index (κ2) is 8.76. The molecule has 0 aromatic carbocycles. The Morgan fingerprint density at radius 2 is 2.14 bits per heavy atom. The van der Waals surface area contributed by atoms with Crippen LogP contribution in [-0.2, 0) is 23.8 Å². The van der Waals surface area contributed by atoms with Crippen LogP contribution in [0.1, 0.15) is 46.1 Å². The van der Waals surface area contributed by atoms with Crippen molar-refractivity contribution in [1.29, 1.82) is 0 Å². The molecule has 1 saturated heterocycles. The fraction of sp³-hybridized carbons (Fsp3) is 0.647. The number of aliphatic hydroxyl groups is 2. The SMILES string of the molecule is [2H]CCC(=O)OC[C@H]1OC(n2cnc3c2NCC(O)NC3=O)[C@H](OC(=O)CC[2H])[C@@H]1O. The first-order valence-electron chi connectivity index (χ1n) is 10.3. The topological polar surface area (TPSA) is 161 Å². The highest BCUT2D eigenvalue weighted by Crippen LogP contribution is 2.35. The minimum absolute atomic E-state index is 0.0306. The number of aliphatic hydroxyl groups excluding tert-OH is 2. The molecule has 1 aromatic rings. The highest BCUT2D eigenvalue weighted by molar-refractivity contribution is 5.97. The minimum atomic E-state index is -1.38. The van der Waals surface area contributed by atoms with Gasteiger partial charge in [-0.3, -0.25) is 19.0 Å². The maximum Gasteiger partial charge on any atom is 0.306 e. The quantitative estimate of drug-likeness (QED) is 0.420. The smallest absolute Gasteiger partial charge is 0.306 e. The number of nitrogens with zero attached hydrogens (tertiary/aromatic N) is 2. The number of esters is 2. The Morgan fingerprint density at radius 3 is 2.90 bits per heavy atom. The number of amides is 1. The van der Waals surface area contributed by atoms with Crippen LogP contribution in [0.3, 0.4) is 0 Å². The number of carbonyl (C=O) groups is 3. The van der Waals surface area contributed by atoms with Gasteiger partial charge in [0.1, 0.15) is 30.9 Å². The van der Waals surface area contributed by atoms with Crippen molar-refractivity contribution in [2.75, 3.05) is 18.5 Å². The Kier molecular flexibility index (Phi) is 5.54. The molecule has 1 aromatic heterocycles. The van der Waals surface area contributed by atoms with Gasteiger partial charge >= 0.3 is 11.9 Å². The number of nitrogens with one attached hydrogen (secondary N) is 2. The first kappa shape index (κ1) is 18.3. The lowest BCUT2D eigenvalue weighted by Crippen LogP contribution is -2.38. The van der Waals surface area contributed by atoms with Crippen molar-refractivity contribution in [1.82, 2.24) is 14.9 Å². The molecule has 0 bridgehead atoms. The van der Waals surface area contributed by atoms with Crippen LogP contribution in [0.2, 0.25) is 0 Å². The molecular formula is C17H24N4O8. The summed E-state index contributed by atoms with van der Waals surface area (Å²) in [6.45, 7) is -0.727. The van der Waals surface area contributed by atoms with Gasteiger partial charge in [0.2, 0.25) is 0 Å². The summed E-state index contributed by atoms with van der Waals surface area (Å²) in [5.41, 5.74) is -0.0313. The fourth-order valence-electron chi connectivity index (χ4n) is 3.02. The van der Waals surface area contributed by atoms with Crippen LogP contribution < -0.4 is 10.6 Å². The van der Waals surface area contributed by atoms with Gasteiger partial charge in [-0.1, -0.05) is 13.8 Å². The molecule has 12 nitrogen and oxygen atoms in total. The zero-order valence-corrected chi connectivity index (χ0v) is 15.4. The van der Waals surface area contributed by atoms with Crippen LogP contribution in [0.25, 0.3) is 0 Å². The number of hydrogen-bond donors (Lipinski definition) is 4. The summed E-state index contributed by atoms with van der Waals surface area (Å²) >= 11 is 0. The van der Waals surface area contributed by atoms with Crippen LogP contribution in [0.4, 0.5) is 5.82 Å². The zero-order chi connectivity index (χ0) is 22.5. The standard InChI is InChI=1S/C17H24N4O8/c1-3-10(23)27-6-8-13(25)14(29-11(24)4-2)17(28-8)21-7-19-12-15(21)18-5-9(22)20-16(12)26/h7-9,13-14,17-18,22,25H,3-6H2,1-2H3,(H,20,26)/t8-,9?,13-,14-,17?/m1/s1/i1D,2D. The van der Waals surface area contributed by atoms with Gasteiger partial charge in [-0.05, 0) is 0 Å². The average molecular weight is 414 g/mol. The predicted octanol–water partition coefficient (Wildman–Crippen LogP) is -1.11. The first-order chi connectivity index (χ1) is 14.8. The molecule has 5 atom stereocenters. The first-order valence-corrected chi connectivity index (χ1v) is 8.92. The molecule has 2 aliphatic rings. The lowest BCUT2D eigenvalue weighted by molar-refractivity contribution is -0.158. The van der Waals surface area contributed by atoms with Gasteiger partial charge in [-0.25, -0.2) is 4.98 Å². The van der Waals surface area contributed by atoms with E-state index in [1.807, 2.05) is 0 Å². The molecule has 4 N–H and O–H groups in total. The molecule has 0 aliphatic carbocycles. The van der Waals surface area contributed by atoms with Gasteiger partial charge in [-0.2, -0.15) is 0 Å². The van der Waals surface area contributed by atoms with Crippen molar-refractivity contribution in [2.24, 2.45) is 0 Å². The summed E-state index contributed by atoms with van der Waals surface area (Å²) < 4.78 is 31.7. The van der Waals surface area contributed by atoms with E-state index in [0.29, 0.717) is 0 Å². The van der Waals surface area contributed by atoms with E-state index in [4.69, 9.17) is 17.0 Å². The Bertz CT molecular complexity index is 822. The van der Waals surface area contributed by atoms with Gasteiger partial charge in [0.15, 0.2) is 18.0 Å². The predicted molar refractivity (Wildman–Crippen MR) is 95.5 cm³/mol. The third-order valence-electron chi connectivity index (χ3n) is 4.44.